The Labute approximate surface area is 102 Å². The maximum Gasteiger partial charge on any atom is 0.490 e. The zero-order valence-corrected chi connectivity index (χ0v) is 10.1. The number of aromatic nitrogens is 2. The highest BCUT2D eigenvalue weighted by molar-refractivity contribution is 5.73. The number of hydrogen-bond donors (Lipinski definition) is 1. The molecule has 0 unspecified atom stereocenters. The van der Waals surface area contributed by atoms with E-state index in [4.69, 9.17) is 14.6 Å². The number of carboxylic acids is 1. The smallest absolute Gasteiger partial charge is 0.475 e. The van der Waals surface area contributed by atoms with Crippen molar-refractivity contribution < 1.29 is 27.8 Å². The number of rotatable bonds is 4. The summed E-state index contributed by atoms with van der Waals surface area (Å²) in [5.41, 5.74) is 0. The summed E-state index contributed by atoms with van der Waals surface area (Å²) in [4.78, 5) is 13.1. The van der Waals surface area contributed by atoms with Crippen molar-refractivity contribution in [3.63, 3.8) is 0 Å². The van der Waals surface area contributed by atoms with Gasteiger partial charge >= 0.3 is 12.1 Å². The van der Waals surface area contributed by atoms with Gasteiger partial charge in [-0.15, -0.1) is 0 Å². The molecule has 1 aromatic rings. The molecule has 104 valence electrons. The second kappa shape index (κ2) is 7.70. The van der Waals surface area contributed by atoms with Gasteiger partial charge in [0.2, 0.25) is 0 Å². The van der Waals surface area contributed by atoms with Crippen molar-refractivity contribution >= 4 is 5.97 Å². The van der Waals surface area contributed by atoms with Gasteiger partial charge in [-0.25, -0.2) is 9.78 Å². The highest BCUT2D eigenvalue weighted by Crippen LogP contribution is 2.13. The SMILES string of the molecule is COCCCc1nccn1C.O=C(O)C(F)(F)F. The van der Waals surface area contributed by atoms with Crippen molar-refractivity contribution in [2.45, 2.75) is 19.0 Å². The summed E-state index contributed by atoms with van der Waals surface area (Å²) in [7, 11) is 3.73. The number of carboxylic acid groups (broad SMARTS) is 1. The number of methoxy groups -OCH3 is 1. The molecule has 0 aliphatic rings. The van der Waals surface area contributed by atoms with Crippen LogP contribution in [0.2, 0.25) is 0 Å². The largest absolute Gasteiger partial charge is 0.490 e. The number of aryl methyl sites for hydroxylation is 2. The lowest BCUT2D eigenvalue weighted by molar-refractivity contribution is -0.192. The lowest BCUT2D eigenvalue weighted by atomic mass is 10.3. The van der Waals surface area contributed by atoms with Crippen LogP contribution in [0.5, 0.6) is 0 Å². The molecule has 1 rings (SSSR count). The van der Waals surface area contributed by atoms with E-state index < -0.39 is 12.1 Å². The van der Waals surface area contributed by atoms with Crippen LogP contribution in [0.1, 0.15) is 12.2 Å². The van der Waals surface area contributed by atoms with Crippen molar-refractivity contribution in [3.05, 3.63) is 18.2 Å². The van der Waals surface area contributed by atoms with Crippen LogP contribution < -0.4 is 0 Å². The summed E-state index contributed by atoms with van der Waals surface area (Å²) < 4.78 is 38.7. The maximum absolute atomic E-state index is 10.6. The first kappa shape index (κ1) is 16.4. The molecule has 1 aromatic heterocycles. The van der Waals surface area contributed by atoms with Crippen LogP contribution in [-0.4, -0.2) is 40.5 Å². The topological polar surface area (TPSA) is 64.4 Å². The quantitative estimate of drug-likeness (QED) is 0.843. The highest BCUT2D eigenvalue weighted by Gasteiger charge is 2.38. The normalized spacial score (nSPS) is 10.7. The predicted octanol–water partition coefficient (Wildman–Crippen LogP) is 1.63. The van der Waals surface area contributed by atoms with Gasteiger partial charge in [0.25, 0.3) is 0 Å². The fourth-order valence-electron chi connectivity index (χ4n) is 1.01. The molecule has 0 saturated heterocycles. The molecule has 1 N–H and O–H groups in total. The summed E-state index contributed by atoms with van der Waals surface area (Å²) in [6.07, 6.45) is 0.739. The summed E-state index contributed by atoms with van der Waals surface area (Å²) in [5, 5.41) is 7.12. The van der Waals surface area contributed by atoms with Crippen molar-refractivity contribution in [2.75, 3.05) is 13.7 Å². The third kappa shape index (κ3) is 6.89. The van der Waals surface area contributed by atoms with E-state index in [-0.39, 0.29) is 0 Å². The lowest BCUT2D eigenvalue weighted by Crippen LogP contribution is -2.21. The zero-order valence-electron chi connectivity index (χ0n) is 10.1. The van der Waals surface area contributed by atoms with Crippen LogP contribution >= 0.6 is 0 Å². The molecule has 1 heterocycles. The number of aliphatic carboxylic acids is 1. The second-order valence-corrected chi connectivity index (χ2v) is 3.35. The van der Waals surface area contributed by atoms with Gasteiger partial charge in [-0.2, -0.15) is 13.2 Å². The summed E-state index contributed by atoms with van der Waals surface area (Å²) in [6, 6.07) is 0. The van der Waals surface area contributed by atoms with Crippen LogP contribution in [0.4, 0.5) is 13.2 Å². The minimum absolute atomic E-state index is 0.812. The number of nitrogens with zero attached hydrogens (tertiary/aromatic N) is 2. The Morgan fingerprint density at radius 2 is 2.11 bits per heavy atom. The molecule has 0 saturated carbocycles. The zero-order chi connectivity index (χ0) is 14.2. The number of hydrogen-bond acceptors (Lipinski definition) is 3. The third-order valence-electron chi connectivity index (χ3n) is 1.91. The minimum Gasteiger partial charge on any atom is -0.475 e. The van der Waals surface area contributed by atoms with E-state index >= 15 is 0 Å². The van der Waals surface area contributed by atoms with Crippen LogP contribution in [0, 0.1) is 0 Å². The summed E-state index contributed by atoms with van der Waals surface area (Å²) in [6.45, 7) is 0.812. The van der Waals surface area contributed by atoms with Gasteiger partial charge in [-0.3, -0.25) is 0 Å². The summed E-state index contributed by atoms with van der Waals surface area (Å²) in [5.74, 6) is -1.63. The Bertz CT molecular complexity index is 363. The van der Waals surface area contributed by atoms with E-state index in [1.165, 1.54) is 0 Å². The molecule has 0 amide bonds. The van der Waals surface area contributed by atoms with E-state index in [1.54, 1.807) is 7.11 Å². The molecule has 18 heavy (non-hydrogen) atoms. The molecule has 0 aromatic carbocycles. The monoisotopic (exact) mass is 268 g/mol. The molecule has 0 atom stereocenters. The molecule has 0 aliphatic heterocycles. The van der Waals surface area contributed by atoms with Crippen molar-refractivity contribution in [1.29, 1.82) is 0 Å². The van der Waals surface area contributed by atoms with E-state index in [2.05, 4.69) is 4.98 Å². The lowest BCUT2D eigenvalue weighted by Gasteiger charge is -1.99. The Kier molecular flexibility index (Phi) is 7.03. The molecule has 8 heteroatoms. The van der Waals surface area contributed by atoms with Crippen LogP contribution in [-0.2, 0) is 23.0 Å². The fraction of sp³-hybridized carbons (Fsp3) is 0.600. The molecule has 0 aliphatic carbocycles. The van der Waals surface area contributed by atoms with Gasteiger partial charge in [0, 0.05) is 39.6 Å². The molecule has 0 bridgehead atoms. The van der Waals surface area contributed by atoms with E-state index in [9.17, 15) is 13.2 Å². The highest BCUT2D eigenvalue weighted by atomic mass is 19.4. The third-order valence-corrected chi connectivity index (χ3v) is 1.91. The number of ether oxygens (including phenoxy) is 1. The van der Waals surface area contributed by atoms with Crippen LogP contribution in [0.15, 0.2) is 12.4 Å². The Hall–Kier alpha value is -1.57. The van der Waals surface area contributed by atoms with Crippen molar-refractivity contribution in [3.8, 4) is 0 Å². The van der Waals surface area contributed by atoms with Crippen molar-refractivity contribution in [2.24, 2.45) is 7.05 Å². The van der Waals surface area contributed by atoms with E-state index in [1.807, 2.05) is 24.0 Å². The molecule has 0 spiro atoms. The predicted molar refractivity (Wildman–Crippen MR) is 57.1 cm³/mol. The van der Waals surface area contributed by atoms with Gasteiger partial charge in [-0.1, -0.05) is 0 Å². The molecular weight excluding hydrogens is 253 g/mol. The van der Waals surface area contributed by atoms with Crippen LogP contribution in [0.3, 0.4) is 0 Å². The number of imidazole rings is 1. The molecule has 0 fully saturated rings. The van der Waals surface area contributed by atoms with Gasteiger partial charge < -0.3 is 14.4 Å². The first-order chi connectivity index (χ1) is 8.29. The van der Waals surface area contributed by atoms with Crippen molar-refractivity contribution in [1.82, 2.24) is 9.55 Å². The second-order valence-electron chi connectivity index (χ2n) is 3.35. The fourth-order valence-corrected chi connectivity index (χ4v) is 1.01. The Balaban J connectivity index is 0.000000360. The van der Waals surface area contributed by atoms with Gasteiger partial charge in [0.1, 0.15) is 5.82 Å². The van der Waals surface area contributed by atoms with E-state index in [0.29, 0.717) is 0 Å². The van der Waals surface area contributed by atoms with Gasteiger partial charge in [0.05, 0.1) is 0 Å². The standard InChI is InChI=1S/C8H14N2O.C2HF3O2/c1-10-6-5-9-8(10)4-3-7-11-2;3-2(4,5)1(6)7/h5-6H,3-4,7H2,1-2H3;(H,6,7). The summed E-state index contributed by atoms with van der Waals surface area (Å²) >= 11 is 0. The number of halogens is 3. The van der Waals surface area contributed by atoms with Gasteiger partial charge in [-0.05, 0) is 6.42 Å². The first-order valence-electron chi connectivity index (χ1n) is 5.04. The van der Waals surface area contributed by atoms with Gasteiger partial charge in [0.15, 0.2) is 0 Å². The average molecular weight is 268 g/mol. The number of alkyl halides is 3. The number of carbonyl (C=O) groups is 1. The van der Waals surface area contributed by atoms with Crippen LogP contribution in [0.25, 0.3) is 0 Å². The average Bonchev–Trinajstić information content (AvgIpc) is 2.64. The maximum atomic E-state index is 10.6. The molecular formula is C10H15F3N2O3. The Morgan fingerprint density at radius 1 is 1.56 bits per heavy atom. The first-order valence-corrected chi connectivity index (χ1v) is 5.04. The molecule has 5 nitrogen and oxygen atoms in total. The minimum atomic E-state index is -5.08. The molecule has 0 radical (unpaired) electrons. The Morgan fingerprint density at radius 3 is 2.44 bits per heavy atom. The van der Waals surface area contributed by atoms with E-state index in [0.717, 1.165) is 25.3 Å².